The van der Waals surface area contributed by atoms with Gasteiger partial charge in [0, 0.05) is 23.4 Å². The van der Waals surface area contributed by atoms with Gasteiger partial charge in [0.1, 0.15) is 5.82 Å². The van der Waals surface area contributed by atoms with Gasteiger partial charge in [-0.15, -0.1) is 28.1 Å². The van der Waals surface area contributed by atoms with Crippen molar-refractivity contribution in [3.63, 3.8) is 0 Å². The largest absolute Gasteiger partial charge is 0.302 e. The maximum Gasteiger partial charge on any atom is 0.236 e. The molecule has 2 aromatic heterocycles. The minimum Gasteiger partial charge on any atom is -0.302 e. The van der Waals surface area contributed by atoms with Gasteiger partial charge in [0.25, 0.3) is 0 Å². The van der Waals surface area contributed by atoms with Gasteiger partial charge in [0.05, 0.1) is 11.4 Å². The zero-order valence-corrected chi connectivity index (χ0v) is 19.6. The number of aromatic nitrogens is 4. The predicted octanol–water partition coefficient (Wildman–Crippen LogP) is 5.59. The highest BCUT2D eigenvalue weighted by atomic mass is 32.2. The van der Waals surface area contributed by atoms with E-state index in [1.165, 1.54) is 47.1 Å². The number of carbonyl (C=O) groups is 1. The first-order chi connectivity index (χ1) is 15.0. The monoisotopic (exact) mass is 453 g/mol. The maximum atomic E-state index is 12.5. The maximum absolute atomic E-state index is 12.5. The number of carbonyl (C=O) groups excluding carboxylic acids is 1. The summed E-state index contributed by atoms with van der Waals surface area (Å²) in [5.74, 6) is 1.66. The van der Waals surface area contributed by atoms with Crippen LogP contribution in [-0.2, 0) is 11.3 Å². The number of amides is 1. The molecule has 0 aliphatic heterocycles. The van der Waals surface area contributed by atoms with Gasteiger partial charge in [-0.3, -0.25) is 4.79 Å². The van der Waals surface area contributed by atoms with E-state index in [0.29, 0.717) is 17.6 Å². The Labute approximate surface area is 191 Å². The molecule has 0 unspecified atom stereocenters. The topological polar surface area (TPSA) is 72.7 Å². The van der Waals surface area contributed by atoms with Crippen molar-refractivity contribution in [2.45, 2.75) is 57.1 Å². The Bertz CT molecular complexity index is 1080. The molecule has 1 N–H and O–H groups in total. The second-order valence-electron chi connectivity index (χ2n) is 7.90. The molecule has 8 heteroatoms. The normalized spacial score (nSPS) is 14.1. The van der Waals surface area contributed by atoms with E-state index in [-0.39, 0.29) is 11.7 Å². The number of nitrogens with one attached hydrogen (secondary N) is 1. The zero-order chi connectivity index (χ0) is 21.8. The van der Waals surface area contributed by atoms with Crippen LogP contribution in [-0.4, -0.2) is 31.4 Å². The van der Waals surface area contributed by atoms with Crippen LogP contribution >= 0.6 is 23.1 Å². The highest BCUT2D eigenvalue weighted by Gasteiger charge is 2.24. The molecule has 0 saturated heterocycles. The highest BCUT2D eigenvalue weighted by Crippen LogP contribution is 2.34. The average Bonchev–Trinajstić information content (AvgIpc) is 3.50. The van der Waals surface area contributed by atoms with Crippen LogP contribution in [0.1, 0.15) is 48.6 Å². The molecule has 1 saturated carbocycles. The number of thioether (sulfide) groups is 1. The van der Waals surface area contributed by atoms with Crippen LogP contribution in [0.2, 0.25) is 0 Å². The van der Waals surface area contributed by atoms with Crippen LogP contribution in [0.4, 0.5) is 5.13 Å². The van der Waals surface area contributed by atoms with Gasteiger partial charge in [-0.1, -0.05) is 42.8 Å². The Balaban J connectivity index is 1.38. The summed E-state index contributed by atoms with van der Waals surface area (Å²) < 4.78 is 2.10. The number of benzene rings is 1. The van der Waals surface area contributed by atoms with Gasteiger partial charge in [0.2, 0.25) is 5.91 Å². The van der Waals surface area contributed by atoms with E-state index >= 15 is 0 Å². The van der Waals surface area contributed by atoms with Crippen molar-refractivity contribution in [2.75, 3.05) is 11.1 Å². The summed E-state index contributed by atoms with van der Waals surface area (Å²) in [6, 6.07) is 6.28. The minimum absolute atomic E-state index is 0.0958. The van der Waals surface area contributed by atoms with E-state index in [0.717, 1.165) is 35.1 Å². The molecule has 162 valence electrons. The second-order valence-corrected chi connectivity index (χ2v) is 9.70. The third-order valence-corrected chi connectivity index (χ3v) is 7.39. The fourth-order valence-corrected chi connectivity index (χ4v) is 5.33. The van der Waals surface area contributed by atoms with Crippen molar-refractivity contribution >= 4 is 34.1 Å². The van der Waals surface area contributed by atoms with Crippen molar-refractivity contribution in [3.8, 4) is 11.3 Å². The molecular weight excluding hydrogens is 426 g/mol. The van der Waals surface area contributed by atoms with E-state index in [4.69, 9.17) is 0 Å². The molecule has 1 aliphatic carbocycles. The van der Waals surface area contributed by atoms with E-state index in [2.05, 4.69) is 63.7 Å². The van der Waals surface area contributed by atoms with Crippen molar-refractivity contribution in [1.29, 1.82) is 0 Å². The van der Waals surface area contributed by atoms with Gasteiger partial charge in [-0.2, -0.15) is 0 Å². The zero-order valence-electron chi connectivity index (χ0n) is 17.9. The first kappa shape index (κ1) is 21.8. The molecule has 0 bridgehead atoms. The molecular formula is C23H27N5OS2. The summed E-state index contributed by atoms with van der Waals surface area (Å²) in [4.78, 5) is 17.1. The first-order valence-electron chi connectivity index (χ1n) is 10.5. The number of nitrogens with zero attached hydrogens (tertiary/aromatic N) is 4. The fraction of sp³-hybridized carbons (Fsp3) is 0.391. The van der Waals surface area contributed by atoms with Gasteiger partial charge in [-0.05, 0) is 43.9 Å². The molecule has 0 radical (unpaired) electrons. The third kappa shape index (κ3) is 5.07. The summed E-state index contributed by atoms with van der Waals surface area (Å²) in [6.45, 7) is 8.71. The Hall–Kier alpha value is -2.45. The summed E-state index contributed by atoms with van der Waals surface area (Å²) >= 11 is 2.84. The molecule has 0 atom stereocenters. The van der Waals surface area contributed by atoms with Crippen LogP contribution in [0.3, 0.4) is 0 Å². The van der Waals surface area contributed by atoms with Crippen LogP contribution in [0, 0.1) is 13.8 Å². The standard InChI is InChI=1S/C23H27N5OS2/c1-4-11-28-21(17-7-5-6-8-17)26-27-23(28)31-14-20(29)25-22-24-19(13-30-22)18-10-9-15(2)16(3)12-18/h4,9-10,12-13,17H,1,5-8,11,14H2,2-3H3,(H,24,25,29). The van der Waals surface area contributed by atoms with Crippen LogP contribution < -0.4 is 5.32 Å². The van der Waals surface area contributed by atoms with E-state index in [1.807, 2.05) is 11.5 Å². The van der Waals surface area contributed by atoms with Gasteiger partial charge in [0.15, 0.2) is 10.3 Å². The predicted molar refractivity (Wildman–Crippen MR) is 128 cm³/mol. The highest BCUT2D eigenvalue weighted by molar-refractivity contribution is 7.99. The lowest BCUT2D eigenvalue weighted by Gasteiger charge is -2.11. The lowest BCUT2D eigenvalue weighted by molar-refractivity contribution is -0.113. The number of thiazole rings is 1. The Morgan fingerprint density at radius 2 is 2.10 bits per heavy atom. The van der Waals surface area contributed by atoms with Crippen molar-refractivity contribution < 1.29 is 4.79 Å². The van der Waals surface area contributed by atoms with Gasteiger partial charge >= 0.3 is 0 Å². The average molecular weight is 454 g/mol. The van der Waals surface area contributed by atoms with E-state index in [9.17, 15) is 4.79 Å². The molecule has 1 amide bonds. The summed E-state index contributed by atoms with van der Waals surface area (Å²) in [7, 11) is 0. The fourth-order valence-electron chi connectivity index (χ4n) is 3.84. The molecule has 1 aromatic carbocycles. The van der Waals surface area contributed by atoms with Crippen molar-refractivity contribution in [2.24, 2.45) is 0 Å². The third-order valence-electron chi connectivity index (χ3n) is 5.66. The van der Waals surface area contributed by atoms with Crippen LogP contribution in [0.25, 0.3) is 11.3 Å². The quantitative estimate of drug-likeness (QED) is 0.355. The molecule has 31 heavy (non-hydrogen) atoms. The van der Waals surface area contributed by atoms with Crippen LogP contribution in [0.5, 0.6) is 0 Å². The smallest absolute Gasteiger partial charge is 0.236 e. The Morgan fingerprint density at radius 3 is 2.84 bits per heavy atom. The van der Waals surface area contributed by atoms with Crippen molar-refractivity contribution in [1.82, 2.24) is 19.7 Å². The van der Waals surface area contributed by atoms with E-state index in [1.54, 1.807) is 0 Å². The number of hydrogen-bond donors (Lipinski definition) is 1. The first-order valence-corrected chi connectivity index (χ1v) is 12.4. The Morgan fingerprint density at radius 1 is 1.29 bits per heavy atom. The summed E-state index contributed by atoms with van der Waals surface area (Å²) in [6.07, 6.45) is 6.67. The molecule has 6 nitrogen and oxygen atoms in total. The summed E-state index contributed by atoms with van der Waals surface area (Å²) in [5, 5.41) is 15.0. The molecule has 4 rings (SSSR count). The molecule has 3 aromatic rings. The number of aryl methyl sites for hydroxylation is 2. The number of rotatable bonds is 8. The Kier molecular flexibility index (Phi) is 6.87. The molecule has 1 aliphatic rings. The minimum atomic E-state index is -0.0958. The SMILES string of the molecule is C=CCn1c(SCC(=O)Nc2nc(-c3ccc(C)c(C)c3)cs2)nnc1C1CCCC1. The van der Waals surface area contributed by atoms with Crippen molar-refractivity contribution in [3.05, 3.63) is 53.2 Å². The lowest BCUT2D eigenvalue weighted by atomic mass is 10.1. The molecule has 1 fully saturated rings. The lowest BCUT2D eigenvalue weighted by Crippen LogP contribution is -2.15. The summed E-state index contributed by atoms with van der Waals surface area (Å²) in [5.41, 5.74) is 4.42. The van der Waals surface area contributed by atoms with E-state index < -0.39 is 0 Å². The second kappa shape index (κ2) is 9.78. The molecule has 0 spiro atoms. The van der Waals surface area contributed by atoms with Gasteiger partial charge < -0.3 is 9.88 Å². The van der Waals surface area contributed by atoms with Crippen LogP contribution in [0.15, 0.2) is 41.4 Å². The number of hydrogen-bond acceptors (Lipinski definition) is 6. The number of allylic oxidation sites excluding steroid dienone is 1. The van der Waals surface area contributed by atoms with Gasteiger partial charge in [-0.25, -0.2) is 4.98 Å². The number of anilines is 1. The molecule has 2 heterocycles.